The second-order valence-corrected chi connectivity index (χ2v) is 8.29. The van der Waals surface area contributed by atoms with Gasteiger partial charge in [0.2, 0.25) is 0 Å². The Balaban J connectivity index is 1.42. The summed E-state index contributed by atoms with van der Waals surface area (Å²) in [5.74, 6) is 1.72. The topological polar surface area (TPSA) is 70.2 Å². The molecule has 0 aromatic carbocycles. The van der Waals surface area contributed by atoms with Crippen LogP contribution in [0.2, 0.25) is 0 Å². The Morgan fingerprint density at radius 3 is 3.04 bits per heavy atom. The van der Waals surface area contributed by atoms with Crippen LogP contribution in [0.5, 0.6) is 0 Å². The predicted molar refractivity (Wildman–Crippen MR) is 110 cm³/mol. The van der Waals surface area contributed by atoms with Crippen molar-refractivity contribution in [2.75, 3.05) is 19.8 Å². The van der Waals surface area contributed by atoms with Crippen LogP contribution in [-0.2, 0) is 9.47 Å². The van der Waals surface area contributed by atoms with Crippen LogP contribution in [0.15, 0.2) is 52.6 Å². The number of ether oxygens (including phenoxy) is 2. The number of hydrogen-bond acceptors (Lipinski definition) is 7. The summed E-state index contributed by atoms with van der Waals surface area (Å²) < 4.78 is 11.4. The van der Waals surface area contributed by atoms with Crippen molar-refractivity contribution >= 4 is 6.34 Å². The van der Waals surface area contributed by atoms with Gasteiger partial charge < -0.3 is 25.1 Å². The van der Waals surface area contributed by atoms with E-state index in [4.69, 9.17) is 9.47 Å². The van der Waals surface area contributed by atoms with Gasteiger partial charge >= 0.3 is 0 Å². The minimum Gasteiger partial charge on any atom is -0.488 e. The van der Waals surface area contributed by atoms with Gasteiger partial charge in [0, 0.05) is 12.2 Å². The Morgan fingerprint density at radius 1 is 1.46 bits per heavy atom. The van der Waals surface area contributed by atoms with Crippen LogP contribution in [0.3, 0.4) is 0 Å². The maximum atomic E-state index is 5.87. The molecule has 4 aliphatic rings. The first kappa shape index (κ1) is 19.1. The number of nitrogens with one attached hydrogen (secondary N) is 3. The normalized spacial score (nSPS) is 31.5. The number of rotatable bonds is 6. The smallest absolute Gasteiger partial charge is 0.128 e. The van der Waals surface area contributed by atoms with Crippen LogP contribution in [0.1, 0.15) is 33.6 Å². The third kappa shape index (κ3) is 4.10. The van der Waals surface area contributed by atoms with Crippen molar-refractivity contribution < 1.29 is 9.47 Å². The third-order valence-electron chi connectivity index (χ3n) is 5.83. The molecule has 1 saturated carbocycles. The summed E-state index contributed by atoms with van der Waals surface area (Å²) in [5, 5.41) is 3.37. The highest BCUT2D eigenvalue weighted by molar-refractivity contribution is 5.60. The van der Waals surface area contributed by atoms with Crippen molar-refractivity contribution in [1.29, 1.82) is 0 Å². The summed E-state index contributed by atoms with van der Waals surface area (Å²) in [4.78, 5) is 6.87. The quantitative estimate of drug-likeness (QED) is 0.480. The Kier molecular flexibility index (Phi) is 5.21. The molecular formula is C21H31N5O2. The van der Waals surface area contributed by atoms with E-state index in [2.05, 4.69) is 59.5 Å². The van der Waals surface area contributed by atoms with Crippen molar-refractivity contribution in [2.24, 2.45) is 4.99 Å². The Labute approximate surface area is 167 Å². The molecule has 3 atom stereocenters. The minimum atomic E-state index is -0.00207. The molecule has 3 N–H and O–H groups in total. The van der Waals surface area contributed by atoms with Crippen LogP contribution < -0.4 is 16.2 Å². The van der Waals surface area contributed by atoms with Gasteiger partial charge in [0.15, 0.2) is 0 Å². The molecule has 1 saturated heterocycles. The number of nitrogens with zero attached hydrogens (tertiary/aromatic N) is 2. The molecule has 0 amide bonds. The summed E-state index contributed by atoms with van der Waals surface area (Å²) in [5.41, 5.74) is 8.96. The molecule has 7 heteroatoms. The van der Waals surface area contributed by atoms with Crippen molar-refractivity contribution in [2.45, 2.75) is 57.3 Å². The highest BCUT2D eigenvalue weighted by atomic mass is 16.5. The number of hydrogen-bond donors (Lipinski definition) is 3. The Bertz CT molecular complexity index is 750. The Morgan fingerprint density at radius 2 is 2.29 bits per heavy atom. The van der Waals surface area contributed by atoms with E-state index in [1.165, 1.54) is 5.57 Å². The molecule has 0 spiro atoms. The van der Waals surface area contributed by atoms with Crippen LogP contribution in [0, 0.1) is 0 Å². The summed E-state index contributed by atoms with van der Waals surface area (Å²) >= 11 is 0. The molecule has 1 aliphatic carbocycles. The molecule has 0 aromatic rings. The van der Waals surface area contributed by atoms with E-state index in [9.17, 15) is 0 Å². The minimum absolute atomic E-state index is 0.00207. The summed E-state index contributed by atoms with van der Waals surface area (Å²) in [6.45, 7) is 12.8. The van der Waals surface area contributed by atoms with Gasteiger partial charge in [0.05, 0.1) is 37.7 Å². The van der Waals surface area contributed by atoms with Crippen LogP contribution in [-0.4, -0.2) is 54.7 Å². The van der Waals surface area contributed by atoms with Crippen LogP contribution in [0.25, 0.3) is 0 Å². The van der Waals surface area contributed by atoms with Crippen LogP contribution >= 0.6 is 0 Å². The van der Waals surface area contributed by atoms with E-state index in [0.717, 1.165) is 44.1 Å². The molecule has 3 heterocycles. The lowest BCUT2D eigenvalue weighted by atomic mass is 9.99. The van der Waals surface area contributed by atoms with Crippen molar-refractivity contribution in [3.8, 4) is 0 Å². The monoisotopic (exact) mass is 385 g/mol. The van der Waals surface area contributed by atoms with E-state index in [1.807, 2.05) is 12.2 Å². The summed E-state index contributed by atoms with van der Waals surface area (Å²) in [6, 6.07) is 0.582. The molecule has 1 unspecified atom stereocenters. The van der Waals surface area contributed by atoms with E-state index in [1.54, 1.807) is 6.34 Å². The zero-order valence-electron chi connectivity index (χ0n) is 17.0. The lowest BCUT2D eigenvalue weighted by Crippen LogP contribution is -2.50. The van der Waals surface area contributed by atoms with Crippen molar-refractivity contribution in [3.63, 3.8) is 0 Å². The van der Waals surface area contributed by atoms with Gasteiger partial charge in [-0.3, -0.25) is 0 Å². The first-order chi connectivity index (χ1) is 13.5. The second kappa shape index (κ2) is 7.64. The van der Waals surface area contributed by atoms with Gasteiger partial charge in [-0.2, -0.15) is 0 Å². The van der Waals surface area contributed by atoms with Gasteiger partial charge in [-0.15, -0.1) is 0 Å². The largest absolute Gasteiger partial charge is 0.488 e. The SMILES string of the molecule is C=C(/C=C\C1=C(C)[C@H]([C@H]2C=C(N3CCOCC3C)N=CN2)NN1)OC1(C)CC1. The predicted octanol–water partition coefficient (Wildman–Crippen LogP) is 1.94. The number of aliphatic imine (C=N–C) groups is 1. The second-order valence-electron chi connectivity index (χ2n) is 8.29. The van der Waals surface area contributed by atoms with E-state index >= 15 is 0 Å². The van der Waals surface area contributed by atoms with Crippen molar-refractivity contribution in [1.82, 2.24) is 21.1 Å². The molecule has 0 radical (unpaired) electrons. The Hall–Kier alpha value is -2.25. The first-order valence-corrected chi connectivity index (χ1v) is 10.1. The molecule has 0 aromatic heterocycles. The lowest BCUT2D eigenvalue weighted by Gasteiger charge is -2.37. The van der Waals surface area contributed by atoms with E-state index in [0.29, 0.717) is 11.8 Å². The number of hydrazine groups is 1. The van der Waals surface area contributed by atoms with Crippen LogP contribution in [0.4, 0.5) is 0 Å². The van der Waals surface area contributed by atoms with E-state index in [-0.39, 0.29) is 17.7 Å². The standard InChI is InChI=1S/C21H31N5O2/c1-14-12-27-10-9-26(14)19-11-18(22-13-23-19)20-16(3)17(24-25-20)6-5-15(2)28-21(4)7-8-21/h5-6,11,13-14,18,20,24-25H,2,7-10,12H2,1,3-4H3,(H,22,23)/b6-5-/t14?,18-,20-/m1/s1. The zero-order valence-corrected chi connectivity index (χ0v) is 17.0. The molecule has 7 nitrogen and oxygen atoms in total. The number of morpholine rings is 1. The van der Waals surface area contributed by atoms with Gasteiger partial charge in [-0.25, -0.2) is 10.4 Å². The average Bonchev–Trinajstić information content (AvgIpc) is 3.29. The number of allylic oxidation sites excluding steroid dienone is 2. The molecule has 4 rings (SSSR count). The fraction of sp³-hybridized carbons (Fsp3) is 0.571. The third-order valence-corrected chi connectivity index (χ3v) is 5.83. The highest BCUT2D eigenvalue weighted by Gasteiger charge is 2.40. The van der Waals surface area contributed by atoms with E-state index < -0.39 is 0 Å². The average molecular weight is 386 g/mol. The van der Waals surface area contributed by atoms with Gasteiger partial charge in [0.1, 0.15) is 17.2 Å². The fourth-order valence-corrected chi connectivity index (χ4v) is 3.74. The summed E-state index contributed by atoms with van der Waals surface area (Å²) in [7, 11) is 0. The van der Waals surface area contributed by atoms with Gasteiger partial charge in [0.25, 0.3) is 0 Å². The maximum Gasteiger partial charge on any atom is 0.128 e. The molecule has 28 heavy (non-hydrogen) atoms. The molecule has 2 fully saturated rings. The van der Waals surface area contributed by atoms with Crippen molar-refractivity contribution in [3.05, 3.63) is 47.7 Å². The molecule has 3 aliphatic heterocycles. The fourth-order valence-electron chi connectivity index (χ4n) is 3.74. The van der Waals surface area contributed by atoms with Gasteiger partial charge in [-0.1, -0.05) is 6.58 Å². The summed E-state index contributed by atoms with van der Waals surface area (Å²) in [6.07, 6.45) is 10.2. The molecular weight excluding hydrogens is 354 g/mol. The molecule has 0 bridgehead atoms. The first-order valence-electron chi connectivity index (χ1n) is 10.1. The maximum absolute atomic E-state index is 5.87. The highest BCUT2D eigenvalue weighted by Crippen LogP contribution is 2.40. The lowest BCUT2D eigenvalue weighted by molar-refractivity contribution is 0.0160. The van der Waals surface area contributed by atoms with Gasteiger partial charge in [-0.05, 0) is 57.4 Å². The molecule has 152 valence electrons. The zero-order chi connectivity index (χ0) is 19.7.